The van der Waals surface area contributed by atoms with Gasteiger partial charge in [-0.3, -0.25) is 4.79 Å². The fourth-order valence-corrected chi connectivity index (χ4v) is 2.59. The fourth-order valence-electron chi connectivity index (χ4n) is 2.59. The van der Waals surface area contributed by atoms with Gasteiger partial charge in [-0.1, -0.05) is 0 Å². The quantitative estimate of drug-likeness (QED) is 0.681. The van der Waals surface area contributed by atoms with Gasteiger partial charge in [-0.2, -0.15) is 0 Å². The molecule has 3 aliphatic carbocycles. The summed E-state index contributed by atoms with van der Waals surface area (Å²) in [6.45, 7) is 1.45. The molecule has 0 unspecified atom stereocenters. The van der Waals surface area contributed by atoms with E-state index in [4.69, 9.17) is 0 Å². The van der Waals surface area contributed by atoms with Gasteiger partial charge >= 0.3 is 0 Å². The van der Waals surface area contributed by atoms with Crippen LogP contribution in [0.5, 0.6) is 0 Å². The zero-order chi connectivity index (χ0) is 11.0. The van der Waals surface area contributed by atoms with Crippen molar-refractivity contribution in [2.45, 2.75) is 44.6 Å². The van der Waals surface area contributed by atoms with E-state index in [0.29, 0.717) is 12.6 Å². The average Bonchev–Trinajstić information content (AvgIpc) is 3.15. The lowest BCUT2D eigenvalue weighted by atomic mass is 9.98. The van der Waals surface area contributed by atoms with Crippen molar-refractivity contribution in [3.8, 4) is 0 Å². The van der Waals surface area contributed by atoms with E-state index in [1.807, 2.05) is 0 Å². The molecule has 0 aliphatic heterocycles. The Morgan fingerprint density at radius 3 is 2.19 bits per heavy atom. The number of hydrogen-bond acceptors (Lipinski definition) is 2. The molecule has 2 N–H and O–H groups in total. The first kappa shape index (κ1) is 10.6. The second-order valence-corrected chi connectivity index (χ2v) is 5.80. The highest BCUT2D eigenvalue weighted by Gasteiger charge is 2.41. The van der Waals surface area contributed by atoms with Crippen molar-refractivity contribution in [3.05, 3.63) is 0 Å². The average molecular weight is 222 g/mol. The Balaban J connectivity index is 1.34. The Morgan fingerprint density at radius 2 is 1.69 bits per heavy atom. The van der Waals surface area contributed by atoms with Crippen LogP contribution in [0.1, 0.15) is 38.5 Å². The summed E-state index contributed by atoms with van der Waals surface area (Å²) in [6, 6.07) is 0.633. The highest BCUT2D eigenvalue weighted by atomic mass is 16.1. The summed E-state index contributed by atoms with van der Waals surface area (Å²) in [5.41, 5.74) is 0. The Kier molecular flexibility index (Phi) is 2.88. The molecule has 0 aromatic rings. The molecule has 16 heavy (non-hydrogen) atoms. The summed E-state index contributed by atoms with van der Waals surface area (Å²) in [7, 11) is 0. The van der Waals surface area contributed by atoms with Gasteiger partial charge in [0.1, 0.15) is 0 Å². The smallest absolute Gasteiger partial charge is 0.233 e. The van der Waals surface area contributed by atoms with Gasteiger partial charge in [0.25, 0.3) is 0 Å². The molecule has 3 heteroatoms. The van der Waals surface area contributed by atoms with Gasteiger partial charge in [0.05, 0.1) is 6.54 Å². The molecule has 0 bridgehead atoms. The third-order valence-electron chi connectivity index (χ3n) is 4.12. The van der Waals surface area contributed by atoms with E-state index in [-0.39, 0.29) is 5.91 Å². The maximum Gasteiger partial charge on any atom is 0.233 e. The first-order valence-electron chi connectivity index (χ1n) is 6.83. The van der Waals surface area contributed by atoms with Crippen LogP contribution in [0.15, 0.2) is 0 Å². The van der Waals surface area contributed by atoms with Crippen LogP contribution < -0.4 is 10.6 Å². The van der Waals surface area contributed by atoms with Crippen LogP contribution in [0.3, 0.4) is 0 Å². The summed E-state index contributed by atoms with van der Waals surface area (Å²) in [6.07, 6.45) is 8.10. The molecule has 3 saturated carbocycles. The maximum absolute atomic E-state index is 11.6. The van der Waals surface area contributed by atoms with Crippen molar-refractivity contribution in [1.29, 1.82) is 0 Å². The largest absolute Gasteiger partial charge is 0.355 e. The molecule has 3 rings (SSSR count). The van der Waals surface area contributed by atoms with Crippen LogP contribution in [0.2, 0.25) is 0 Å². The standard InChI is InChI=1S/C13H22N2O/c16-13(8-14-11-5-6-11)15-7-12(9-1-2-9)10-3-4-10/h9-12,14H,1-8H2,(H,15,16). The van der Waals surface area contributed by atoms with E-state index >= 15 is 0 Å². The summed E-state index contributed by atoms with van der Waals surface area (Å²) in [5.74, 6) is 2.86. The Bertz CT molecular complexity index is 255. The van der Waals surface area contributed by atoms with Gasteiger partial charge in [0, 0.05) is 12.6 Å². The minimum atomic E-state index is 0.193. The topological polar surface area (TPSA) is 41.1 Å². The van der Waals surface area contributed by atoms with Gasteiger partial charge in [0.2, 0.25) is 5.91 Å². The minimum absolute atomic E-state index is 0.193. The predicted octanol–water partition coefficient (Wildman–Crippen LogP) is 1.29. The maximum atomic E-state index is 11.6. The van der Waals surface area contributed by atoms with Crippen molar-refractivity contribution < 1.29 is 4.79 Å². The van der Waals surface area contributed by atoms with E-state index in [1.54, 1.807) is 0 Å². The van der Waals surface area contributed by atoms with E-state index in [0.717, 1.165) is 24.3 Å². The molecule has 0 atom stereocenters. The lowest BCUT2D eigenvalue weighted by Crippen LogP contribution is -2.38. The Labute approximate surface area is 97.4 Å². The second kappa shape index (κ2) is 4.36. The molecule has 1 amide bonds. The number of nitrogens with one attached hydrogen (secondary N) is 2. The fraction of sp³-hybridized carbons (Fsp3) is 0.923. The lowest BCUT2D eigenvalue weighted by Gasteiger charge is -2.16. The summed E-state index contributed by atoms with van der Waals surface area (Å²) >= 11 is 0. The zero-order valence-corrected chi connectivity index (χ0v) is 9.87. The third-order valence-corrected chi connectivity index (χ3v) is 4.12. The minimum Gasteiger partial charge on any atom is -0.355 e. The van der Waals surface area contributed by atoms with E-state index in [2.05, 4.69) is 10.6 Å². The number of carbonyl (C=O) groups is 1. The monoisotopic (exact) mass is 222 g/mol. The van der Waals surface area contributed by atoms with Crippen LogP contribution in [-0.4, -0.2) is 25.0 Å². The normalized spacial score (nSPS) is 24.8. The zero-order valence-electron chi connectivity index (χ0n) is 9.87. The highest BCUT2D eigenvalue weighted by Crippen LogP contribution is 2.48. The van der Waals surface area contributed by atoms with Gasteiger partial charge in [-0.25, -0.2) is 0 Å². The number of hydrogen-bond donors (Lipinski definition) is 2. The molecule has 3 nitrogen and oxygen atoms in total. The molecule has 0 spiro atoms. The van der Waals surface area contributed by atoms with Crippen molar-refractivity contribution in [1.82, 2.24) is 10.6 Å². The van der Waals surface area contributed by atoms with Gasteiger partial charge in [-0.15, -0.1) is 0 Å². The van der Waals surface area contributed by atoms with Crippen LogP contribution in [0.4, 0.5) is 0 Å². The van der Waals surface area contributed by atoms with E-state index in [9.17, 15) is 4.79 Å². The summed E-state index contributed by atoms with van der Waals surface area (Å²) in [4.78, 5) is 11.6. The molecule has 0 saturated heterocycles. The van der Waals surface area contributed by atoms with Gasteiger partial charge < -0.3 is 10.6 Å². The van der Waals surface area contributed by atoms with Crippen LogP contribution in [0, 0.1) is 17.8 Å². The molecule has 3 aliphatic rings. The van der Waals surface area contributed by atoms with Gasteiger partial charge in [0.15, 0.2) is 0 Å². The first-order chi connectivity index (χ1) is 7.83. The molecular weight excluding hydrogens is 200 g/mol. The van der Waals surface area contributed by atoms with Crippen molar-refractivity contribution >= 4 is 5.91 Å². The van der Waals surface area contributed by atoms with Crippen LogP contribution in [-0.2, 0) is 4.79 Å². The lowest BCUT2D eigenvalue weighted by molar-refractivity contribution is -0.120. The predicted molar refractivity (Wildman–Crippen MR) is 63.0 cm³/mol. The van der Waals surface area contributed by atoms with Crippen molar-refractivity contribution in [3.63, 3.8) is 0 Å². The molecule has 0 radical (unpaired) electrons. The molecule has 3 fully saturated rings. The first-order valence-corrected chi connectivity index (χ1v) is 6.83. The van der Waals surface area contributed by atoms with Crippen molar-refractivity contribution in [2.24, 2.45) is 17.8 Å². The Hall–Kier alpha value is -0.570. The van der Waals surface area contributed by atoms with Crippen molar-refractivity contribution in [2.75, 3.05) is 13.1 Å². The number of amides is 1. The van der Waals surface area contributed by atoms with E-state index in [1.165, 1.54) is 38.5 Å². The summed E-state index contributed by atoms with van der Waals surface area (Å²) in [5, 5.41) is 6.36. The highest BCUT2D eigenvalue weighted by molar-refractivity contribution is 5.78. The number of rotatable bonds is 7. The number of carbonyl (C=O) groups excluding carboxylic acids is 1. The van der Waals surface area contributed by atoms with Crippen LogP contribution >= 0.6 is 0 Å². The second-order valence-electron chi connectivity index (χ2n) is 5.80. The summed E-state index contributed by atoms with van der Waals surface area (Å²) < 4.78 is 0. The molecule has 0 aromatic heterocycles. The molecule has 0 aromatic carbocycles. The van der Waals surface area contributed by atoms with Gasteiger partial charge in [-0.05, 0) is 56.3 Å². The molecule has 90 valence electrons. The Morgan fingerprint density at radius 1 is 1.06 bits per heavy atom. The van der Waals surface area contributed by atoms with E-state index < -0.39 is 0 Å². The van der Waals surface area contributed by atoms with Crippen LogP contribution in [0.25, 0.3) is 0 Å². The molecular formula is C13H22N2O. The third kappa shape index (κ3) is 2.97. The SMILES string of the molecule is O=C(CNC1CC1)NCC(C1CC1)C1CC1. The molecule has 0 heterocycles.